The normalized spacial score (nSPS) is 17.7. The van der Waals surface area contributed by atoms with Gasteiger partial charge in [0.2, 0.25) is 5.13 Å². The molecule has 1 saturated heterocycles. The van der Waals surface area contributed by atoms with Crippen LogP contribution in [0.25, 0.3) is 0 Å². The quantitative estimate of drug-likeness (QED) is 0.794. The van der Waals surface area contributed by atoms with E-state index >= 15 is 0 Å². The Morgan fingerprint density at radius 3 is 3.09 bits per heavy atom. The lowest BCUT2D eigenvalue weighted by atomic mass is 10.2. The first-order chi connectivity index (χ1) is 11.2. The Morgan fingerprint density at radius 2 is 2.30 bits per heavy atom. The fourth-order valence-corrected chi connectivity index (χ4v) is 3.47. The van der Waals surface area contributed by atoms with Crippen LogP contribution in [0.1, 0.15) is 17.9 Å². The van der Waals surface area contributed by atoms with E-state index in [1.165, 1.54) is 11.5 Å². The fourth-order valence-electron chi connectivity index (χ4n) is 2.72. The summed E-state index contributed by atoms with van der Waals surface area (Å²) in [5, 5.41) is 1.01. The summed E-state index contributed by atoms with van der Waals surface area (Å²) in [5.74, 6) is 1.84. The molecule has 0 aliphatic carbocycles. The molecule has 3 rings (SSSR count). The van der Waals surface area contributed by atoms with E-state index in [9.17, 15) is 0 Å². The number of anilines is 2. The molecule has 3 heterocycles. The van der Waals surface area contributed by atoms with Crippen LogP contribution >= 0.6 is 11.5 Å². The summed E-state index contributed by atoms with van der Waals surface area (Å²) in [7, 11) is 3.79. The highest BCUT2D eigenvalue weighted by atomic mass is 32.1. The van der Waals surface area contributed by atoms with Crippen molar-refractivity contribution in [3.63, 3.8) is 0 Å². The minimum Gasteiger partial charge on any atom is -0.384 e. The second-order valence-corrected chi connectivity index (χ2v) is 6.48. The van der Waals surface area contributed by atoms with Crippen molar-refractivity contribution in [2.75, 3.05) is 43.7 Å². The summed E-state index contributed by atoms with van der Waals surface area (Å²) in [6.45, 7) is 4.59. The van der Waals surface area contributed by atoms with Gasteiger partial charge in [0.15, 0.2) is 0 Å². The highest BCUT2D eigenvalue weighted by Gasteiger charge is 2.28. The number of likely N-dealkylation sites (N-methyl/N-ethyl adjacent to an activating group) is 1. The molecule has 1 unspecified atom stereocenters. The average molecular weight is 334 g/mol. The Balaban J connectivity index is 1.62. The van der Waals surface area contributed by atoms with E-state index in [0.29, 0.717) is 12.6 Å². The molecule has 1 aliphatic rings. The van der Waals surface area contributed by atoms with Crippen molar-refractivity contribution in [2.45, 2.75) is 25.8 Å². The van der Waals surface area contributed by atoms with Crippen molar-refractivity contribution < 1.29 is 4.74 Å². The number of aromatic nitrogens is 4. The van der Waals surface area contributed by atoms with E-state index in [2.05, 4.69) is 36.2 Å². The van der Waals surface area contributed by atoms with Gasteiger partial charge in [-0.2, -0.15) is 4.37 Å². The molecule has 0 saturated carbocycles. The molecule has 124 valence electrons. The van der Waals surface area contributed by atoms with E-state index in [1.807, 2.05) is 13.0 Å². The van der Waals surface area contributed by atoms with Crippen LogP contribution in [0.4, 0.5) is 10.9 Å². The lowest BCUT2D eigenvalue weighted by Gasteiger charge is -2.25. The van der Waals surface area contributed by atoms with E-state index in [4.69, 9.17) is 4.74 Å². The van der Waals surface area contributed by atoms with E-state index in [0.717, 1.165) is 48.4 Å². The summed E-state index contributed by atoms with van der Waals surface area (Å²) in [6.07, 6.45) is 3.48. The highest BCUT2D eigenvalue weighted by molar-refractivity contribution is 7.09. The molecule has 2 aromatic heterocycles. The standard InChI is InChI=1S/C15H22N6OS/c1-11-8-14(17-10-16-11)20(2)12-4-6-21(9-12)15-18-13(19-23-15)5-7-22-3/h8,10,12H,4-7,9H2,1-3H3. The maximum atomic E-state index is 5.08. The maximum absolute atomic E-state index is 5.08. The number of nitrogens with zero attached hydrogens (tertiary/aromatic N) is 6. The summed E-state index contributed by atoms with van der Waals surface area (Å²) >= 11 is 1.47. The lowest BCUT2D eigenvalue weighted by Crippen LogP contribution is -2.35. The Hall–Kier alpha value is -1.80. The summed E-state index contributed by atoms with van der Waals surface area (Å²) in [6, 6.07) is 2.45. The van der Waals surface area contributed by atoms with Gasteiger partial charge in [0, 0.05) is 63.0 Å². The number of ether oxygens (including phenoxy) is 1. The molecule has 0 spiro atoms. The predicted molar refractivity (Wildman–Crippen MR) is 91.3 cm³/mol. The summed E-state index contributed by atoms with van der Waals surface area (Å²) in [5.41, 5.74) is 0.989. The molecular weight excluding hydrogens is 312 g/mol. The summed E-state index contributed by atoms with van der Waals surface area (Å²) < 4.78 is 9.49. The molecule has 1 aliphatic heterocycles. The second-order valence-electron chi connectivity index (χ2n) is 5.75. The molecule has 1 fully saturated rings. The van der Waals surface area contributed by atoms with Gasteiger partial charge in [0.25, 0.3) is 0 Å². The van der Waals surface area contributed by atoms with Gasteiger partial charge in [-0.25, -0.2) is 15.0 Å². The van der Waals surface area contributed by atoms with Crippen LogP contribution in [-0.4, -0.2) is 59.2 Å². The number of methoxy groups -OCH3 is 1. The third-order valence-electron chi connectivity index (χ3n) is 4.12. The molecule has 0 bridgehead atoms. The Bertz CT molecular complexity index is 648. The van der Waals surface area contributed by atoms with Crippen LogP contribution in [0.3, 0.4) is 0 Å². The zero-order valence-electron chi connectivity index (χ0n) is 13.8. The van der Waals surface area contributed by atoms with Gasteiger partial charge in [0.05, 0.1) is 6.61 Å². The van der Waals surface area contributed by atoms with E-state index < -0.39 is 0 Å². The second kappa shape index (κ2) is 7.18. The monoisotopic (exact) mass is 334 g/mol. The highest BCUT2D eigenvalue weighted by Crippen LogP contribution is 2.26. The SMILES string of the molecule is COCCc1nsc(N2CCC(N(C)c3cc(C)ncn3)C2)n1. The van der Waals surface area contributed by atoms with Crippen molar-refractivity contribution in [3.05, 3.63) is 23.9 Å². The third-order valence-corrected chi connectivity index (χ3v) is 4.93. The van der Waals surface area contributed by atoms with Gasteiger partial charge in [-0.15, -0.1) is 0 Å². The minimum atomic E-state index is 0.427. The first-order valence-electron chi connectivity index (χ1n) is 7.75. The van der Waals surface area contributed by atoms with Crippen LogP contribution in [0.2, 0.25) is 0 Å². The fraction of sp³-hybridized carbons (Fsp3) is 0.600. The molecule has 0 aromatic carbocycles. The molecule has 1 atom stereocenters. The predicted octanol–water partition coefficient (Wildman–Crippen LogP) is 1.54. The molecule has 8 heteroatoms. The summed E-state index contributed by atoms with van der Waals surface area (Å²) in [4.78, 5) is 17.7. The number of hydrogen-bond acceptors (Lipinski definition) is 8. The molecule has 2 aromatic rings. The van der Waals surface area contributed by atoms with Crippen molar-refractivity contribution >= 4 is 22.5 Å². The van der Waals surface area contributed by atoms with Crippen molar-refractivity contribution in [1.82, 2.24) is 19.3 Å². The Kier molecular flexibility index (Phi) is 5.02. The van der Waals surface area contributed by atoms with Crippen LogP contribution in [0, 0.1) is 6.92 Å². The smallest absolute Gasteiger partial charge is 0.205 e. The largest absolute Gasteiger partial charge is 0.384 e. The van der Waals surface area contributed by atoms with Gasteiger partial charge in [-0.3, -0.25) is 0 Å². The van der Waals surface area contributed by atoms with Crippen LogP contribution < -0.4 is 9.80 Å². The maximum Gasteiger partial charge on any atom is 0.205 e. The van der Waals surface area contributed by atoms with Crippen LogP contribution in [0.5, 0.6) is 0 Å². The van der Waals surface area contributed by atoms with Gasteiger partial charge >= 0.3 is 0 Å². The molecular formula is C15H22N6OS. The molecule has 0 amide bonds. The minimum absolute atomic E-state index is 0.427. The van der Waals surface area contributed by atoms with Crippen molar-refractivity contribution in [1.29, 1.82) is 0 Å². The number of rotatable bonds is 6. The van der Waals surface area contributed by atoms with E-state index in [1.54, 1.807) is 13.4 Å². The van der Waals surface area contributed by atoms with Gasteiger partial charge in [-0.05, 0) is 13.3 Å². The molecule has 0 N–H and O–H groups in total. The van der Waals surface area contributed by atoms with Gasteiger partial charge in [0.1, 0.15) is 18.0 Å². The molecule has 7 nitrogen and oxygen atoms in total. The third kappa shape index (κ3) is 3.76. The Labute approximate surface area is 140 Å². The number of aryl methyl sites for hydroxylation is 1. The molecule has 23 heavy (non-hydrogen) atoms. The number of hydrogen-bond donors (Lipinski definition) is 0. The van der Waals surface area contributed by atoms with Gasteiger partial charge < -0.3 is 14.5 Å². The van der Waals surface area contributed by atoms with Crippen molar-refractivity contribution in [3.8, 4) is 0 Å². The van der Waals surface area contributed by atoms with Crippen LogP contribution in [-0.2, 0) is 11.2 Å². The Morgan fingerprint density at radius 1 is 1.43 bits per heavy atom. The first-order valence-corrected chi connectivity index (χ1v) is 8.52. The first kappa shape index (κ1) is 16.1. The zero-order valence-corrected chi connectivity index (χ0v) is 14.6. The lowest BCUT2D eigenvalue weighted by molar-refractivity contribution is 0.201. The van der Waals surface area contributed by atoms with Gasteiger partial charge in [-0.1, -0.05) is 0 Å². The van der Waals surface area contributed by atoms with E-state index in [-0.39, 0.29) is 0 Å². The average Bonchev–Trinajstić information content (AvgIpc) is 3.21. The van der Waals surface area contributed by atoms with Crippen molar-refractivity contribution in [2.24, 2.45) is 0 Å². The molecule has 0 radical (unpaired) electrons. The topological polar surface area (TPSA) is 67.3 Å². The van der Waals surface area contributed by atoms with Crippen LogP contribution in [0.15, 0.2) is 12.4 Å². The zero-order chi connectivity index (χ0) is 16.2.